The summed E-state index contributed by atoms with van der Waals surface area (Å²) >= 11 is 1.89. The molecule has 1 aliphatic rings. The molecule has 4 heteroatoms. The number of hydrazine groups is 1. The minimum Gasteiger partial charge on any atom is -0.383 e. The fourth-order valence-corrected chi connectivity index (χ4v) is 3.25. The lowest BCUT2D eigenvalue weighted by Crippen LogP contribution is -2.45. The molecular weight excluding hydrogens is 208 g/mol. The van der Waals surface area contributed by atoms with Crippen molar-refractivity contribution in [2.24, 2.45) is 5.84 Å². The Morgan fingerprint density at radius 1 is 1.60 bits per heavy atom. The molecule has 1 aromatic carbocycles. The molecule has 1 aliphatic heterocycles. The molecule has 2 unspecified atom stereocenters. The van der Waals surface area contributed by atoms with Crippen molar-refractivity contribution in [3.63, 3.8) is 0 Å². The first-order valence-corrected chi connectivity index (χ1v) is 5.92. The zero-order valence-electron chi connectivity index (χ0n) is 8.77. The van der Waals surface area contributed by atoms with Crippen molar-refractivity contribution in [2.45, 2.75) is 22.6 Å². The van der Waals surface area contributed by atoms with Crippen LogP contribution in [0.4, 0.5) is 0 Å². The van der Waals surface area contributed by atoms with Crippen LogP contribution in [0.2, 0.25) is 0 Å². The lowest BCUT2D eigenvalue weighted by molar-refractivity contribution is 0.165. The molecular formula is C11H16N2OS. The van der Waals surface area contributed by atoms with Crippen LogP contribution in [0, 0.1) is 0 Å². The molecule has 0 aromatic heterocycles. The van der Waals surface area contributed by atoms with Crippen molar-refractivity contribution in [1.29, 1.82) is 0 Å². The molecule has 1 heterocycles. The largest absolute Gasteiger partial charge is 0.383 e. The Kier molecular flexibility index (Phi) is 3.64. The normalized spacial score (nSPS) is 21.3. The van der Waals surface area contributed by atoms with Gasteiger partial charge in [0, 0.05) is 17.3 Å². The first kappa shape index (κ1) is 11.0. The van der Waals surface area contributed by atoms with Gasteiger partial charge >= 0.3 is 0 Å². The number of nitrogens with one attached hydrogen (secondary N) is 1. The number of fused-ring (bicyclic) bond motifs is 1. The second kappa shape index (κ2) is 4.99. The van der Waals surface area contributed by atoms with Gasteiger partial charge < -0.3 is 4.74 Å². The first-order valence-electron chi connectivity index (χ1n) is 5.04. The number of thioether (sulfide) groups is 1. The maximum absolute atomic E-state index is 5.53. The van der Waals surface area contributed by atoms with Gasteiger partial charge in [0.15, 0.2) is 0 Å². The molecule has 0 radical (unpaired) electrons. The van der Waals surface area contributed by atoms with Gasteiger partial charge in [-0.15, -0.1) is 11.8 Å². The van der Waals surface area contributed by atoms with E-state index in [0.717, 1.165) is 6.42 Å². The van der Waals surface area contributed by atoms with Crippen LogP contribution in [0.15, 0.2) is 29.2 Å². The van der Waals surface area contributed by atoms with Gasteiger partial charge in [-0.05, 0) is 18.1 Å². The Morgan fingerprint density at radius 3 is 3.07 bits per heavy atom. The molecule has 1 aromatic rings. The van der Waals surface area contributed by atoms with E-state index in [4.69, 9.17) is 10.6 Å². The molecule has 2 atom stereocenters. The molecule has 0 saturated heterocycles. The summed E-state index contributed by atoms with van der Waals surface area (Å²) in [7, 11) is 1.71. The topological polar surface area (TPSA) is 47.3 Å². The van der Waals surface area contributed by atoms with Crippen LogP contribution in [-0.2, 0) is 11.2 Å². The molecule has 15 heavy (non-hydrogen) atoms. The van der Waals surface area contributed by atoms with E-state index >= 15 is 0 Å². The van der Waals surface area contributed by atoms with Gasteiger partial charge in [-0.1, -0.05) is 18.2 Å². The number of methoxy groups -OCH3 is 1. The smallest absolute Gasteiger partial charge is 0.0640 e. The summed E-state index contributed by atoms with van der Waals surface area (Å²) in [5, 5.41) is 0.479. The van der Waals surface area contributed by atoms with E-state index in [2.05, 4.69) is 29.7 Å². The molecule has 0 aliphatic carbocycles. The lowest BCUT2D eigenvalue weighted by Gasteiger charge is -2.20. The van der Waals surface area contributed by atoms with Gasteiger partial charge in [-0.25, -0.2) is 0 Å². The van der Waals surface area contributed by atoms with Crippen LogP contribution in [0.1, 0.15) is 5.56 Å². The molecule has 2 rings (SSSR count). The third-order valence-electron chi connectivity index (χ3n) is 2.68. The van der Waals surface area contributed by atoms with Crippen LogP contribution >= 0.6 is 11.8 Å². The van der Waals surface area contributed by atoms with E-state index < -0.39 is 0 Å². The molecule has 0 amide bonds. The Bertz CT molecular complexity index is 307. The zero-order chi connectivity index (χ0) is 10.7. The molecule has 0 fully saturated rings. The second-order valence-electron chi connectivity index (χ2n) is 3.70. The van der Waals surface area contributed by atoms with Gasteiger partial charge in [0.25, 0.3) is 0 Å². The van der Waals surface area contributed by atoms with Crippen molar-refractivity contribution in [1.82, 2.24) is 5.43 Å². The van der Waals surface area contributed by atoms with Gasteiger partial charge in [0.2, 0.25) is 0 Å². The minimum atomic E-state index is 0.215. The van der Waals surface area contributed by atoms with Crippen LogP contribution in [-0.4, -0.2) is 25.0 Å². The van der Waals surface area contributed by atoms with Gasteiger partial charge in [-0.3, -0.25) is 11.3 Å². The maximum Gasteiger partial charge on any atom is 0.0640 e. The molecule has 3 N–H and O–H groups in total. The van der Waals surface area contributed by atoms with Crippen molar-refractivity contribution >= 4 is 11.8 Å². The highest BCUT2D eigenvalue weighted by Gasteiger charge is 2.28. The van der Waals surface area contributed by atoms with Gasteiger partial charge in [0.1, 0.15) is 0 Å². The molecule has 0 saturated carbocycles. The summed E-state index contributed by atoms with van der Waals surface area (Å²) in [4.78, 5) is 1.37. The van der Waals surface area contributed by atoms with Crippen LogP contribution in [0.25, 0.3) is 0 Å². The molecule has 3 nitrogen and oxygen atoms in total. The third-order valence-corrected chi connectivity index (χ3v) is 4.13. The number of rotatable bonds is 4. The first-order chi connectivity index (χ1) is 7.35. The highest BCUT2D eigenvalue weighted by atomic mass is 32.2. The van der Waals surface area contributed by atoms with E-state index in [1.54, 1.807) is 7.11 Å². The Balaban J connectivity index is 2.05. The van der Waals surface area contributed by atoms with E-state index in [-0.39, 0.29) is 6.04 Å². The zero-order valence-corrected chi connectivity index (χ0v) is 9.59. The standard InChI is InChI=1S/C11H16N2OS/c1-14-7-9(13-12)11-6-8-4-2-3-5-10(8)15-11/h2-5,9,11,13H,6-7,12H2,1H3. The summed E-state index contributed by atoms with van der Waals surface area (Å²) in [5.41, 5.74) is 4.25. The number of hydrogen-bond donors (Lipinski definition) is 2. The number of benzene rings is 1. The summed E-state index contributed by atoms with van der Waals surface area (Å²) in [6.07, 6.45) is 1.07. The van der Waals surface area contributed by atoms with Crippen molar-refractivity contribution in [3.8, 4) is 0 Å². The SMILES string of the molecule is COCC(NN)C1Cc2ccccc2S1. The average Bonchev–Trinajstić information content (AvgIpc) is 2.69. The number of ether oxygens (including phenoxy) is 1. The van der Waals surface area contributed by atoms with E-state index in [1.807, 2.05) is 11.8 Å². The monoisotopic (exact) mass is 224 g/mol. The van der Waals surface area contributed by atoms with Crippen LogP contribution in [0.5, 0.6) is 0 Å². The van der Waals surface area contributed by atoms with E-state index in [0.29, 0.717) is 11.9 Å². The van der Waals surface area contributed by atoms with Crippen LogP contribution in [0.3, 0.4) is 0 Å². The van der Waals surface area contributed by atoms with Crippen molar-refractivity contribution in [3.05, 3.63) is 29.8 Å². The molecule has 0 bridgehead atoms. The van der Waals surface area contributed by atoms with Crippen molar-refractivity contribution in [2.75, 3.05) is 13.7 Å². The van der Waals surface area contributed by atoms with Crippen molar-refractivity contribution < 1.29 is 4.74 Å². The Hall–Kier alpha value is -0.550. The third kappa shape index (κ3) is 2.34. The fourth-order valence-electron chi connectivity index (χ4n) is 1.88. The summed E-state index contributed by atoms with van der Waals surface area (Å²) < 4.78 is 5.15. The predicted molar refractivity (Wildman–Crippen MR) is 62.8 cm³/mol. The average molecular weight is 224 g/mol. The maximum atomic E-state index is 5.53. The quantitative estimate of drug-likeness (QED) is 0.595. The molecule has 82 valence electrons. The Morgan fingerprint density at radius 2 is 2.40 bits per heavy atom. The minimum absolute atomic E-state index is 0.215. The molecule has 0 spiro atoms. The van der Waals surface area contributed by atoms with Gasteiger partial charge in [-0.2, -0.15) is 0 Å². The second-order valence-corrected chi connectivity index (χ2v) is 4.98. The lowest BCUT2D eigenvalue weighted by atomic mass is 10.1. The fraction of sp³-hybridized carbons (Fsp3) is 0.455. The predicted octanol–water partition coefficient (Wildman–Crippen LogP) is 1.18. The highest BCUT2D eigenvalue weighted by Crippen LogP contribution is 2.38. The summed E-state index contributed by atoms with van der Waals surface area (Å²) in [6, 6.07) is 8.73. The van der Waals surface area contributed by atoms with Crippen LogP contribution < -0.4 is 11.3 Å². The summed E-state index contributed by atoms with van der Waals surface area (Å²) in [5.74, 6) is 5.53. The number of nitrogens with two attached hydrogens (primary N) is 1. The Labute approximate surface area is 94.3 Å². The van der Waals surface area contributed by atoms with E-state index in [1.165, 1.54) is 10.5 Å². The van der Waals surface area contributed by atoms with E-state index in [9.17, 15) is 0 Å². The number of hydrogen-bond acceptors (Lipinski definition) is 4. The van der Waals surface area contributed by atoms with Gasteiger partial charge in [0.05, 0.1) is 12.6 Å². The summed E-state index contributed by atoms with van der Waals surface area (Å²) in [6.45, 7) is 0.655. The highest BCUT2D eigenvalue weighted by molar-refractivity contribution is 8.00.